The van der Waals surface area contributed by atoms with Crippen LogP contribution in [0.1, 0.15) is 38.8 Å². The molecule has 9 heteroatoms. The number of carbonyl (C=O) groups excluding carboxylic acids is 3. The van der Waals surface area contributed by atoms with Crippen molar-refractivity contribution >= 4 is 23.8 Å². The molecule has 1 heterocycles. The molecule has 1 aliphatic rings. The van der Waals surface area contributed by atoms with Crippen molar-refractivity contribution < 1.29 is 28.2 Å². The molecule has 32 heavy (non-hydrogen) atoms. The van der Waals surface area contributed by atoms with Crippen LogP contribution < -0.4 is 10.7 Å². The molecule has 0 saturated carbocycles. The van der Waals surface area contributed by atoms with Crippen LogP contribution in [-0.2, 0) is 26.2 Å². The lowest BCUT2D eigenvalue weighted by Crippen LogP contribution is -2.62. The summed E-state index contributed by atoms with van der Waals surface area (Å²) in [5, 5.41) is 3.52. The van der Waals surface area contributed by atoms with E-state index in [1.165, 1.54) is 18.2 Å². The number of rotatable bonds is 5. The number of benzene rings is 2. The highest BCUT2D eigenvalue weighted by molar-refractivity contribution is 6.07. The van der Waals surface area contributed by atoms with Crippen LogP contribution >= 0.6 is 0 Å². The molecule has 2 N–H and O–H groups in total. The maximum atomic E-state index is 14.6. The number of anilines is 1. The number of nitrogens with one attached hydrogen (secondary N) is 2. The minimum atomic E-state index is -1.82. The van der Waals surface area contributed by atoms with Gasteiger partial charge in [0.15, 0.2) is 5.54 Å². The van der Waals surface area contributed by atoms with E-state index in [2.05, 4.69) is 10.7 Å². The van der Waals surface area contributed by atoms with Gasteiger partial charge in [0.2, 0.25) is 0 Å². The molecule has 0 radical (unpaired) electrons. The zero-order valence-electron chi connectivity index (χ0n) is 18.3. The van der Waals surface area contributed by atoms with Crippen LogP contribution in [-0.4, -0.2) is 35.3 Å². The quantitative estimate of drug-likeness (QED) is 0.678. The first kappa shape index (κ1) is 23.1. The van der Waals surface area contributed by atoms with Gasteiger partial charge in [-0.05, 0) is 45.4 Å². The lowest BCUT2D eigenvalue weighted by molar-refractivity contribution is -0.129. The molecule has 1 atom stereocenters. The molecule has 3 rings (SSSR count). The molecule has 170 valence electrons. The monoisotopic (exact) mass is 443 g/mol. The maximum Gasteiger partial charge on any atom is 0.430 e. The Bertz CT molecular complexity index is 1030. The third-order valence-electron chi connectivity index (χ3n) is 4.85. The normalized spacial score (nSPS) is 17.0. The van der Waals surface area contributed by atoms with Gasteiger partial charge in [0.1, 0.15) is 5.82 Å². The molecule has 8 nitrogen and oxygen atoms in total. The number of carbonyl (C=O) groups is 3. The van der Waals surface area contributed by atoms with E-state index >= 15 is 0 Å². The van der Waals surface area contributed by atoms with Gasteiger partial charge in [-0.3, -0.25) is 4.79 Å². The Morgan fingerprint density at radius 3 is 2.31 bits per heavy atom. The van der Waals surface area contributed by atoms with Gasteiger partial charge in [0.05, 0.1) is 12.2 Å². The average molecular weight is 443 g/mol. The average Bonchev–Trinajstić information content (AvgIpc) is 2.99. The number of amides is 3. The van der Waals surface area contributed by atoms with Gasteiger partial charge < -0.3 is 14.8 Å². The first-order valence-electron chi connectivity index (χ1n) is 10.3. The number of hydrogen-bond donors (Lipinski definition) is 2. The zero-order valence-corrected chi connectivity index (χ0v) is 18.3. The first-order valence-corrected chi connectivity index (χ1v) is 10.3. The third kappa shape index (κ3) is 4.51. The van der Waals surface area contributed by atoms with Crippen molar-refractivity contribution in [2.45, 2.75) is 51.9 Å². The Labute approximate surface area is 185 Å². The second-order valence-electron chi connectivity index (χ2n) is 7.96. The summed E-state index contributed by atoms with van der Waals surface area (Å²) in [7, 11) is 0. The van der Waals surface area contributed by atoms with Crippen LogP contribution in [0.4, 0.5) is 19.7 Å². The molecular weight excluding hydrogens is 417 g/mol. The van der Waals surface area contributed by atoms with E-state index in [4.69, 9.17) is 9.47 Å². The van der Waals surface area contributed by atoms with E-state index in [9.17, 15) is 18.8 Å². The van der Waals surface area contributed by atoms with Crippen LogP contribution in [0.15, 0.2) is 48.5 Å². The summed E-state index contributed by atoms with van der Waals surface area (Å²) in [6.07, 6.45) is -3.21. The number of ether oxygens (including phenoxy) is 2. The molecule has 0 aromatic heterocycles. The largest absolute Gasteiger partial charge is 0.446 e. The summed E-state index contributed by atoms with van der Waals surface area (Å²) in [6.45, 7) is 6.55. The standard InChI is InChI=1S/C23H26FN3O5/c1-14(2)31-21(29)26-27(22(30)32-15(3)4)23(13-16-9-5-7-11-18(16)24)17-10-6-8-12-19(17)25-20(23)28/h5-12,14-15H,13H2,1-4H3,(H,25,28)(H,26,29). The van der Waals surface area contributed by atoms with Gasteiger partial charge in [-0.1, -0.05) is 36.4 Å². The fourth-order valence-electron chi connectivity index (χ4n) is 3.58. The highest BCUT2D eigenvalue weighted by atomic mass is 19.1. The molecule has 3 amide bonds. The van der Waals surface area contributed by atoms with E-state index in [0.29, 0.717) is 11.3 Å². The number of fused-ring (bicyclic) bond motifs is 1. The summed E-state index contributed by atoms with van der Waals surface area (Å²) in [4.78, 5) is 39.1. The minimum Gasteiger partial charge on any atom is -0.446 e. The summed E-state index contributed by atoms with van der Waals surface area (Å²) >= 11 is 0. The van der Waals surface area contributed by atoms with Crippen molar-refractivity contribution in [2.75, 3.05) is 5.32 Å². The number of para-hydroxylation sites is 1. The predicted octanol–water partition coefficient (Wildman–Crippen LogP) is 4.11. The Balaban J connectivity index is 2.18. The van der Waals surface area contributed by atoms with Crippen LogP contribution in [0.5, 0.6) is 0 Å². The summed E-state index contributed by atoms with van der Waals surface area (Å²) in [6, 6.07) is 12.6. The lowest BCUT2D eigenvalue weighted by atomic mass is 9.84. The molecular formula is C23H26FN3O5. The molecule has 0 fully saturated rings. The van der Waals surface area contributed by atoms with E-state index in [0.717, 1.165) is 5.01 Å². The van der Waals surface area contributed by atoms with Gasteiger partial charge in [0.25, 0.3) is 5.91 Å². The highest BCUT2D eigenvalue weighted by Gasteiger charge is 2.55. The van der Waals surface area contributed by atoms with Crippen molar-refractivity contribution in [1.82, 2.24) is 10.4 Å². The van der Waals surface area contributed by atoms with Gasteiger partial charge in [-0.15, -0.1) is 0 Å². The van der Waals surface area contributed by atoms with Gasteiger partial charge in [-0.2, -0.15) is 5.01 Å². The zero-order chi connectivity index (χ0) is 23.5. The second-order valence-corrected chi connectivity index (χ2v) is 7.96. The second kappa shape index (κ2) is 9.25. The van der Waals surface area contributed by atoms with Crippen molar-refractivity contribution in [3.05, 3.63) is 65.5 Å². The number of hydrazine groups is 1. The molecule has 0 bridgehead atoms. The molecule has 0 aliphatic carbocycles. The number of hydrogen-bond acceptors (Lipinski definition) is 5. The Hall–Kier alpha value is -3.62. The smallest absolute Gasteiger partial charge is 0.430 e. The molecule has 1 unspecified atom stereocenters. The Kier molecular flexibility index (Phi) is 6.67. The maximum absolute atomic E-state index is 14.6. The summed E-state index contributed by atoms with van der Waals surface area (Å²) in [5.41, 5.74) is 1.55. The van der Waals surface area contributed by atoms with Crippen molar-refractivity contribution in [3.63, 3.8) is 0 Å². The van der Waals surface area contributed by atoms with Crippen molar-refractivity contribution in [3.8, 4) is 0 Å². The Morgan fingerprint density at radius 1 is 1.03 bits per heavy atom. The topological polar surface area (TPSA) is 97.0 Å². The molecule has 0 saturated heterocycles. The third-order valence-corrected chi connectivity index (χ3v) is 4.85. The van der Waals surface area contributed by atoms with Crippen molar-refractivity contribution in [1.29, 1.82) is 0 Å². The lowest BCUT2D eigenvalue weighted by Gasteiger charge is -2.38. The van der Waals surface area contributed by atoms with Gasteiger partial charge in [0, 0.05) is 17.7 Å². The minimum absolute atomic E-state index is 0.181. The number of nitrogens with zero attached hydrogens (tertiary/aromatic N) is 1. The van der Waals surface area contributed by atoms with E-state index < -0.39 is 41.7 Å². The fourth-order valence-corrected chi connectivity index (χ4v) is 3.58. The molecule has 0 spiro atoms. The SMILES string of the molecule is CC(C)OC(=O)NN(C(=O)OC(C)C)C1(Cc2ccccc2F)C(=O)Nc2ccccc21. The highest BCUT2D eigenvalue weighted by Crippen LogP contribution is 2.43. The first-order chi connectivity index (χ1) is 15.1. The van der Waals surface area contributed by atoms with Gasteiger partial charge in [-0.25, -0.2) is 19.4 Å². The molecule has 2 aromatic rings. The predicted molar refractivity (Wildman–Crippen MR) is 115 cm³/mol. The fraction of sp³-hybridized carbons (Fsp3) is 0.348. The van der Waals surface area contributed by atoms with Crippen LogP contribution in [0.25, 0.3) is 0 Å². The van der Waals surface area contributed by atoms with Gasteiger partial charge >= 0.3 is 12.2 Å². The van der Waals surface area contributed by atoms with Crippen molar-refractivity contribution in [2.24, 2.45) is 0 Å². The van der Waals surface area contributed by atoms with Crippen LogP contribution in [0, 0.1) is 5.82 Å². The summed E-state index contributed by atoms with van der Waals surface area (Å²) in [5.74, 6) is -1.17. The Morgan fingerprint density at radius 2 is 1.66 bits per heavy atom. The van der Waals surface area contributed by atoms with Crippen LogP contribution in [0.2, 0.25) is 0 Å². The number of halogens is 1. The molecule has 1 aliphatic heterocycles. The van der Waals surface area contributed by atoms with E-state index in [1.807, 2.05) is 0 Å². The van der Waals surface area contributed by atoms with E-state index in [1.54, 1.807) is 58.0 Å². The van der Waals surface area contributed by atoms with E-state index in [-0.39, 0.29) is 12.0 Å². The summed E-state index contributed by atoms with van der Waals surface area (Å²) < 4.78 is 25.1. The molecule has 2 aromatic carbocycles. The van der Waals surface area contributed by atoms with Crippen LogP contribution in [0.3, 0.4) is 0 Å².